The first-order valence-corrected chi connectivity index (χ1v) is 14.4. The molecule has 3 aromatic rings. The van der Waals surface area contributed by atoms with Crippen molar-refractivity contribution in [3.8, 4) is 0 Å². The number of imidazole rings is 3. The van der Waals surface area contributed by atoms with E-state index in [-0.39, 0.29) is 37.2 Å². The SMILES string of the molecule is NCCCn1cc[n+](CCCN)c1.NCCCn1cc[n+](CCCN)c1.NCCCn1cc[n+](CCCN)c1.[Cl-].[Cl-].[Cl-]. The molecule has 12 N–H and O–H groups in total. The molecule has 0 amide bonds. The average Bonchev–Trinajstić information content (AvgIpc) is 3.72. The van der Waals surface area contributed by atoms with Crippen molar-refractivity contribution in [2.24, 2.45) is 34.4 Å². The van der Waals surface area contributed by atoms with Gasteiger partial charge < -0.3 is 71.6 Å². The van der Waals surface area contributed by atoms with Gasteiger partial charge in [0.2, 0.25) is 19.0 Å². The van der Waals surface area contributed by atoms with Crippen LogP contribution in [0.4, 0.5) is 0 Å². The number of aromatic nitrogens is 6. The van der Waals surface area contributed by atoms with Gasteiger partial charge in [0.25, 0.3) is 0 Å². The molecule has 0 fully saturated rings. The number of aryl methyl sites for hydroxylation is 6. The van der Waals surface area contributed by atoms with E-state index in [2.05, 4.69) is 83.6 Å². The molecule has 246 valence electrons. The zero-order valence-corrected chi connectivity index (χ0v) is 27.5. The second-order valence-corrected chi connectivity index (χ2v) is 9.52. The Morgan fingerprint density at radius 2 is 0.619 bits per heavy atom. The molecule has 12 nitrogen and oxygen atoms in total. The second kappa shape index (κ2) is 30.7. The Kier molecular flexibility index (Phi) is 32.7. The fourth-order valence-corrected chi connectivity index (χ4v) is 3.75. The van der Waals surface area contributed by atoms with E-state index in [4.69, 9.17) is 34.4 Å². The Labute approximate surface area is 271 Å². The van der Waals surface area contributed by atoms with Crippen LogP contribution in [0.5, 0.6) is 0 Å². The van der Waals surface area contributed by atoms with Gasteiger partial charge in [-0.05, 0) is 77.8 Å². The van der Waals surface area contributed by atoms with Crippen LogP contribution in [0, 0.1) is 0 Å². The van der Waals surface area contributed by atoms with Crippen molar-refractivity contribution in [1.29, 1.82) is 0 Å². The number of halogens is 3. The number of hydrogen-bond donors (Lipinski definition) is 6. The second-order valence-electron chi connectivity index (χ2n) is 9.52. The third-order valence-electron chi connectivity index (χ3n) is 5.96. The van der Waals surface area contributed by atoms with Crippen molar-refractivity contribution in [1.82, 2.24) is 13.7 Å². The molecule has 0 spiro atoms. The largest absolute Gasteiger partial charge is 1.00 e. The van der Waals surface area contributed by atoms with Crippen LogP contribution in [-0.2, 0) is 39.3 Å². The van der Waals surface area contributed by atoms with Gasteiger partial charge in [0, 0.05) is 0 Å². The predicted molar refractivity (Wildman–Crippen MR) is 156 cm³/mol. The molecule has 0 saturated carbocycles. The lowest BCUT2D eigenvalue weighted by atomic mass is 10.4. The zero-order valence-electron chi connectivity index (χ0n) is 25.2. The molecule has 15 heteroatoms. The normalized spacial score (nSPS) is 9.86. The van der Waals surface area contributed by atoms with Crippen LogP contribution in [0.25, 0.3) is 0 Å². The summed E-state index contributed by atoms with van der Waals surface area (Å²) < 4.78 is 12.9. The third kappa shape index (κ3) is 21.9. The molecule has 3 heterocycles. The van der Waals surface area contributed by atoms with Crippen LogP contribution in [-0.4, -0.2) is 53.0 Å². The summed E-state index contributed by atoms with van der Waals surface area (Å²) in [6.45, 7) is 10.5. The molecule has 0 aromatic carbocycles. The number of nitrogens with two attached hydrogens (primary N) is 6. The van der Waals surface area contributed by atoms with E-state index in [1.807, 2.05) is 0 Å². The first-order valence-electron chi connectivity index (χ1n) is 14.4. The van der Waals surface area contributed by atoms with Crippen molar-refractivity contribution in [3.05, 3.63) is 56.2 Å². The first kappa shape index (κ1) is 44.7. The molecular formula is C27H57Cl3N12. The van der Waals surface area contributed by atoms with Crippen LogP contribution >= 0.6 is 0 Å². The van der Waals surface area contributed by atoms with Crippen molar-refractivity contribution >= 4 is 0 Å². The van der Waals surface area contributed by atoms with Crippen LogP contribution in [0.2, 0.25) is 0 Å². The topological polar surface area (TPSA) is 183 Å². The molecule has 0 aliphatic rings. The maximum atomic E-state index is 5.43. The van der Waals surface area contributed by atoms with Gasteiger partial charge in [-0.25, -0.2) is 27.4 Å². The highest BCUT2D eigenvalue weighted by molar-refractivity contribution is 4.67. The Morgan fingerprint density at radius 3 is 0.833 bits per heavy atom. The van der Waals surface area contributed by atoms with E-state index in [0.717, 1.165) is 117 Å². The maximum Gasteiger partial charge on any atom is 0.243 e. The van der Waals surface area contributed by atoms with Gasteiger partial charge >= 0.3 is 0 Å². The Hall–Kier alpha value is -1.74. The number of rotatable bonds is 18. The summed E-state index contributed by atoms with van der Waals surface area (Å²) in [7, 11) is 0. The molecule has 0 unspecified atom stereocenters. The minimum absolute atomic E-state index is 0. The summed E-state index contributed by atoms with van der Waals surface area (Å²) in [5.74, 6) is 0. The highest BCUT2D eigenvalue weighted by atomic mass is 35.5. The van der Waals surface area contributed by atoms with Crippen LogP contribution < -0.4 is 85.3 Å². The summed E-state index contributed by atoms with van der Waals surface area (Å²) in [6, 6.07) is 0. The summed E-state index contributed by atoms with van der Waals surface area (Å²) >= 11 is 0. The van der Waals surface area contributed by atoms with Crippen LogP contribution in [0.1, 0.15) is 38.5 Å². The molecule has 0 aliphatic heterocycles. The van der Waals surface area contributed by atoms with Crippen LogP contribution in [0.15, 0.2) is 56.2 Å². The molecule has 42 heavy (non-hydrogen) atoms. The molecule has 0 aliphatic carbocycles. The summed E-state index contributed by atoms with van der Waals surface area (Å²) in [4.78, 5) is 0. The van der Waals surface area contributed by atoms with Gasteiger partial charge in [-0.1, -0.05) is 0 Å². The average molecular weight is 656 g/mol. The molecular weight excluding hydrogens is 599 g/mol. The molecule has 0 atom stereocenters. The third-order valence-corrected chi connectivity index (χ3v) is 5.96. The minimum Gasteiger partial charge on any atom is -1.00 e. The van der Waals surface area contributed by atoms with Gasteiger partial charge in [0.15, 0.2) is 0 Å². The predicted octanol–water partition coefficient (Wildman–Crippen LogP) is -10.6. The standard InChI is InChI=1S/3C9H19N4.3ClH/c3*10-3-1-5-12-7-8-13(9-12)6-2-4-11;;;/h3*7-9H,1-6,10-11H2;3*1H/q3*+1;;;/p-3. The van der Waals surface area contributed by atoms with E-state index in [1.165, 1.54) is 0 Å². The smallest absolute Gasteiger partial charge is 0.243 e. The Morgan fingerprint density at radius 1 is 0.381 bits per heavy atom. The summed E-state index contributed by atoms with van der Waals surface area (Å²) in [5.41, 5.74) is 32.6. The van der Waals surface area contributed by atoms with Gasteiger partial charge in [0.05, 0.1) is 39.3 Å². The fraction of sp³-hybridized carbons (Fsp3) is 0.667. The first-order chi connectivity index (χ1) is 19.1. The quantitative estimate of drug-likeness (QED) is 0.0740. The molecule has 0 radical (unpaired) electrons. The Balaban J connectivity index is -0.000000524. The van der Waals surface area contributed by atoms with Crippen molar-refractivity contribution in [2.75, 3.05) is 39.3 Å². The Bertz CT molecular complexity index is 761. The molecule has 3 aromatic heterocycles. The van der Waals surface area contributed by atoms with E-state index in [9.17, 15) is 0 Å². The molecule has 3 rings (SSSR count). The van der Waals surface area contributed by atoms with E-state index in [1.54, 1.807) is 0 Å². The summed E-state index contributed by atoms with van der Waals surface area (Å²) in [6.07, 6.45) is 25.0. The molecule has 0 saturated heterocycles. The van der Waals surface area contributed by atoms with Crippen molar-refractivity contribution in [2.45, 2.75) is 77.8 Å². The highest BCUT2D eigenvalue weighted by Crippen LogP contribution is 1.90. The van der Waals surface area contributed by atoms with E-state index in [0.29, 0.717) is 0 Å². The molecule has 0 bridgehead atoms. The van der Waals surface area contributed by atoms with Crippen molar-refractivity contribution in [3.63, 3.8) is 0 Å². The zero-order chi connectivity index (χ0) is 28.6. The van der Waals surface area contributed by atoms with Gasteiger partial charge in [-0.15, -0.1) is 0 Å². The minimum atomic E-state index is 0. The van der Waals surface area contributed by atoms with E-state index >= 15 is 0 Å². The van der Waals surface area contributed by atoms with E-state index < -0.39 is 0 Å². The van der Waals surface area contributed by atoms with Gasteiger partial charge in [-0.3, -0.25) is 0 Å². The fourth-order valence-electron chi connectivity index (χ4n) is 3.75. The van der Waals surface area contributed by atoms with Crippen molar-refractivity contribution < 1.29 is 50.9 Å². The maximum absolute atomic E-state index is 5.43. The number of hydrogen-bond acceptors (Lipinski definition) is 6. The summed E-state index contributed by atoms with van der Waals surface area (Å²) in [5, 5.41) is 0. The lowest BCUT2D eigenvalue weighted by Gasteiger charge is -1.93. The highest BCUT2D eigenvalue weighted by Gasteiger charge is 2.03. The van der Waals surface area contributed by atoms with Gasteiger partial charge in [0.1, 0.15) is 37.2 Å². The van der Waals surface area contributed by atoms with Crippen LogP contribution in [0.3, 0.4) is 0 Å². The monoisotopic (exact) mass is 654 g/mol. The number of nitrogens with zero attached hydrogens (tertiary/aromatic N) is 6. The lowest BCUT2D eigenvalue weighted by Crippen LogP contribution is -3.00. The lowest BCUT2D eigenvalue weighted by molar-refractivity contribution is -0.696. The van der Waals surface area contributed by atoms with Gasteiger partial charge in [-0.2, -0.15) is 0 Å².